The summed E-state index contributed by atoms with van der Waals surface area (Å²) < 4.78 is 9.28. The van der Waals surface area contributed by atoms with Gasteiger partial charge < -0.3 is 8.98 Å². The molecular weight excluding hydrogens is 681 g/mol. The van der Waals surface area contributed by atoms with Gasteiger partial charge in [-0.2, -0.15) is 0 Å². The van der Waals surface area contributed by atoms with Crippen molar-refractivity contribution in [3.63, 3.8) is 0 Å². The normalized spacial score (nSPS) is 14.1. The van der Waals surface area contributed by atoms with Crippen LogP contribution in [-0.2, 0) is 5.41 Å². The number of rotatable bonds is 5. The largest absolute Gasteiger partial charge is 0.455 e. The summed E-state index contributed by atoms with van der Waals surface area (Å²) in [5.74, 6) is 0. The Morgan fingerprint density at radius 1 is 0.625 bits per heavy atom. The SMILES string of the molecule is C=CC1=C(/C=C\C)c2ccc(-c3nc4ccccc4c4c3cc(-c3ccc5c(c3)c3ccccc3n5-c3ccccc3)c3oc5ccccc5c34)cc2C1(C)C. The number of hydrogen-bond donors (Lipinski definition) is 0. The van der Waals surface area contributed by atoms with Crippen molar-refractivity contribution in [2.75, 3.05) is 0 Å². The van der Waals surface area contributed by atoms with Crippen molar-refractivity contribution < 1.29 is 4.42 Å². The van der Waals surface area contributed by atoms with Crippen molar-refractivity contribution in [2.24, 2.45) is 0 Å². The van der Waals surface area contributed by atoms with Crippen LogP contribution in [0.1, 0.15) is 31.9 Å². The zero-order chi connectivity index (χ0) is 37.7. The van der Waals surface area contributed by atoms with Crippen molar-refractivity contribution in [3.05, 3.63) is 187 Å². The lowest BCUT2D eigenvalue weighted by molar-refractivity contribution is 0.655. The Morgan fingerprint density at radius 2 is 1.34 bits per heavy atom. The molecule has 0 aliphatic heterocycles. The summed E-state index contributed by atoms with van der Waals surface area (Å²) in [6.07, 6.45) is 6.37. The van der Waals surface area contributed by atoms with E-state index in [1.54, 1.807) is 0 Å². The third-order valence-corrected chi connectivity index (χ3v) is 12.1. The van der Waals surface area contributed by atoms with Gasteiger partial charge in [0.15, 0.2) is 0 Å². The van der Waals surface area contributed by atoms with E-state index in [-0.39, 0.29) is 5.41 Å². The summed E-state index contributed by atoms with van der Waals surface area (Å²) in [7, 11) is 0. The average molecular weight is 719 g/mol. The molecule has 56 heavy (non-hydrogen) atoms. The first-order valence-electron chi connectivity index (χ1n) is 19.4. The van der Waals surface area contributed by atoms with Gasteiger partial charge in [-0.3, -0.25) is 0 Å². The molecule has 3 nitrogen and oxygen atoms in total. The van der Waals surface area contributed by atoms with Crippen LogP contribution in [0.2, 0.25) is 0 Å². The van der Waals surface area contributed by atoms with Crippen molar-refractivity contribution in [2.45, 2.75) is 26.2 Å². The van der Waals surface area contributed by atoms with Gasteiger partial charge in [0, 0.05) is 59.9 Å². The molecule has 0 spiro atoms. The quantitative estimate of drug-likeness (QED) is 0.166. The van der Waals surface area contributed by atoms with Gasteiger partial charge >= 0.3 is 0 Å². The summed E-state index contributed by atoms with van der Waals surface area (Å²) in [4.78, 5) is 5.49. The van der Waals surface area contributed by atoms with E-state index in [2.05, 4.69) is 190 Å². The number of para-hydroxylation sites is 4. The fraction of sp³-hybridized carbons (Fsp3) is 0.0755. The fourth-order valence-electron chi connectivity index (χ4n) is 9.54. The van der Waals surface area contributed by atoms with Crippen LogP contribution in [-0.4, -0.2) is 9.55 Å². The van der Waals surface area contributed by atoms with Crippen molar-refractivity contribution in [3.8, 4) is 28.1 Å². The first-order valence-corrected chi connectivity index (χ1v) is 19.4. The predicted molar refractivity (Wildman–Crippen MR) is 237 cm³/mol. The summed E-state index contributed by atoms with van der Waals surface area (Å²) in [5.41, 5.74) is 15.2. The minimum atomic E-state index is -0.206. The molecule has 0 saturated carbocycles. The number of nitrogens with zero attached hydrogens (tertiary/aromatic N) is 2. The lowest BCUT2D eigenvalue weighted by atomic mass is 9.80. The van der Waals surface area contributed by atoms with Crippen LogP contribution in [0.15, 0.2) is 180 Å². The average Bonchev–Trinajstić information content (AvgIpc) is 3.85. The third kappa shape index (κ3) is 4.49. The molecular formula is C53H38N2O. The lowest BCUT2D eigenvalue weighted by Gasteiger charge is -2.23. The van der Waals surface area contributed by atoms with Gasteiger partial charge in [0.05, 0.1) is 22.2 Å². The molecule has 10 aromatic rings. The topological polar surface area (TPSA) is 31.0 Å². The van der Waals surface area contributed by atoms with Crippen molar-refractivity contribution in [1.29, 1.82) is 0 Å². The maximum absolute atomic E-state index is 6.91. The number of furan rings is 1. The second kappa shape index (κ2) is 12.0. The number of benzene rings is 7. The minimum absolute atomic E-state index is 0.206. The van der Waals surface area contributed by atoms with E-state index in [4.69, 9.17) is 9.40 Å². The molecule has 1 aliphatic rings. The van der Waals surface area contributed by atoms with Gasteiger partial charge in [0.25, 0.3) is 0 Å². The molecule has 0 saturated heterocycles. The number of allylic oxidation sites excluding steroid dienone is 5. The number of pyridine rings is 1. The summed E-state index contributed by atoms with van der Waals surface area (Å²) in [5, 5.41) is 8.01. The predicted octanol–water partition coefficient (Wildman–Crippen LogP) is 14.5. The van der Waals surface area contributed by atoms with Crippen LogP contribution in [0.3, 0.4) is 0 Å². The van der Waals surface area contributed by atoms with Gasteiger partial charge in [0.2, 0.25) is 0 Å². The highest BCUT2D eigenvalue weighted by Gasteiger charge is 2.36. The molecule has 11 rings (SSSR count). The van der Waals surface area contributed by atoms with Gasteiger partial charge in [-0.15, -0.1) is 0 Å². The van der Waals surface area contributed by atoms with Gasteiger partial charge in [0.1, 0.15) is 11.2 Å². The van der Waals surface area contributed by atoms with Crippen molar-refractivity contribution in [1.82, 2.24) is 9.55 Å². The molecule has 0 N–H and O–H groups in total. The molecule has 0 amide bonds. The molecule has 0 fully saturated rings. The monoisotopic (exact) mass is 718 g/mol. The molecule has 0 atom stereocenters. The number of hydrogen-bond acceptors (Lipinski definition) is 2. The Hall–Kier alpha value is -6.97. The van der Waals surface area contributed by atoms with Gasteiger partial charge in [-0.1, -0.05) is 130 Å². The molecule has 0 unspecified atom stereocenters. The highest BCUT2D eigenvalue weighted by Crippen LogP contribution is 2.50. The minimum Gasteiger partial charge on any atom is -0.455 e. The molecule has 3 heteroatoms. The molecule has 0 bridgehead atoms. The highest BCUT2D eigenvalue weighted by atomic mass is 16.3. The van der Waals surface area contributed by atoms with Crippen LogP contribution in [0.25, 0.3) is 99.1 Å². The summed E-state index contributed by atoms with van der Waals surface area (Å²) >= 11 is 0. The van der Waals surface area contributed by atoms with Crippen LogP contribution >= 0.6 is 0 Å². The molecule has 3 aromatic heterocycles. The Morgan fingerprint density at radius 3 is 2.16 bits per heavy atom. The van der Waals surface area contributed by atoms with Gasteiger partial charge in [-0.25, -0.2) is 4.98 Å². The first-order chi connectivity index (χ1) is 27.5. The Labute approximate surface area is 325 Å². The third-order valence-electron chi connectivity index (χ3n) is 12.1. The van der Waals surface area contributed by atoms with Crippen LogP contribution in [0.4, 0.5) is 0 Å². The number of aromatic nitrogens is 2. The number of fused-ring (bicyclic) bond motifs is 11. The maximum atomic E-state index is 6.91. The molecule has 1 aliphatic carbocycles. The zero-order valence-corrected chi connectivity index (χ0v) is 31.6. The molecule has 3 heterocycles. The highest BCUT2D eigenvalue weighted by molar-refractivity contribution is 6.30. The molecule has 0 radical (unpaired) electrons. The summed E-state index contributed by atoms with van der Waals surface area (Å²) in [6, 6.07) is 52.4. The van der Waals surface area contributed by atoms with E-state index in [0.717, 1.165) is 71.7 Å². The van der Waals surface area contributed by atoms with E-state index >= 15 is 0 Å². The van der Waals surface area contributed by atoms with Gasteiger partial charge in [-0.05, 0) is 89.4 Å². The molecule has 266 valence electrons. The second-order valence-corrected chi connectivity index (χ2v) is 15.5. The van der Waals surface area contributed by atoms with E-state index in [0.29, 0.717) is 0 Å². The first kappa shape index (κ1) is 32.5. The fourth-order valence-corrected chi connectivity index (χ4v) is 9.54. The maximum Gasteiger partial charge on any atom is 0.143 e. The van der Waals surface area contributed by atoms with E-state index in [1.807, 2.05) is 6.08 Å². The lowest BCUT2D eigenvalue weighted by Crippen LogP contribution is -2.16. The zero-order valence-electron chi connectivity index (χ0n) is 31.6. The second-order valence-electron chi connectivity index (χ2n) is 15.5. The Bertz CT molecular complexity index is 3350. The standard InChI is InChI=1S/C53H38N2O/c1-5-16-35-36-27-25-33(30-44(36)53(3,4)43(35)6-2)51-42-31-40(52-50(39-21-12-15-24-48(39)56-52)49(42)38-20-10-13-22-45(38)54-51)32-26-28-47-41(29-32)37-19-11-14-23-46(37)55(47)34-17-8-7-9-18-34/h5-31H,2H2,1,3-4H3/b16-5-. The Balaban J connectivity index is 1.24. The van der Waals surface area contributed by atoms with E-state index in [9.17, 15) is 0 Å². The smallest absolute Gasteiger partial charge is 0.143 e. The molecule has 7 aromatic carbocycles. The van der Waals surface area contributed by atoms with Crippen molar-refractivity contribution >= 4 is 71.0 Å². The van der Waals surface area contributed by atoms with Crippen LogP contribution in [0, 0.1) is 0 Å². The van der Waals surface area contributed by atoms with Crippen LogP contribution < -0.4 is 0 Å². The van der Waals surface area contributed by atoms with E-state index < -0.39 is 0 Å². The van der Waals surface area contributed by atoms with E-state index in [1.165, 1.54) is 44.1 Å². The van der Waals surface area contributed by atoms with Crippen LogP contribution in [0.5, 0.6) is 0 Å². The Kier molecular flexibility index (Phi) is 6.96. The summed E-state index contributed by atoms with van der Waals surface area (Å²) in [6.45, 7) is 10.9.